The minimum atomic E-state index is -3.64. The highest BCUT2D eigenvalue weighted by atomic mass is 32.2. The predicted octanol–water partition coefficient (Wildman–Crippen LogP) is 2.75. The summed E-state index contributed by atoms with van der Waals surface area (Å²) in [7, 11) is -3.64. The highest BCUT2D eigenvalue weighted by Gasteiger charge is 2.44. The van der Waals surface area contributed by atoms with E-state index >= 15 is 0 Å². The quantitative estimate of drug-likeness (QED) is 0.445. The van der Waals surface area contributed by atoms with Gasteiger partial charge in [-0.1, -0.05) is 5.21 Å². The fourth-order valence-electron chi connectivity index (χ4n) is 5.53. The summed E-state index contributed by atoms with van der Waals surface area (Å²) in [5.74, 6) is 0.384. The van der Waals surface area contributed by atoms with Gasteiger partial charge in [0.05, 0.1) is 41.3 Å². The van der Waals surface area contributed by atoms with Gasteiger partial charge >= 0.3 is 0 Å². The number of aliphatic hydroxyl groups excluding tert-OH is 1. The third-order valence-corrected chi connectivity index (χ3v) is 9.23. The Hall–Kier alpha value is -3.25. The zero-order chi connectivity index (χ0) is 26.3. The summed E-state index contributed by atoms with van der Waals surface area (Å²) in [4.78, 5) is 13.9. The van der Waals surface area contributed by atoms with Crippen LogP contribution in [0.15, 0.2) is 30.5 Å². The number of piperidine rings is 1. The van der Waals surface area contributed by atoms with Crippen LogP contribution >= 0.6 is 0 Å². The average molecular weight is 539 g/mol. The Kier molecular flexibility index (Phi) is 6.47. The average Bonchev–Trinajstić information content (AvgIpc) is 3.29. The summed E-state index contributed by atoms with van der Waals surface area (Å²) in [6.07, 6.45) is 9.04. The zero-order valence-corrected chi connectivity index (χ0v) is 22.5. The van der Waals surface area contributed by atoms with Gasteiger partial charge in [0.25, 0.3) is 0 Å². The summed E-state index contributed by atoms with van der Waals surface area (Å²) < 4.78 is 29.0. The largest absolute Gasteiger partial charge is 0.395 e. The molecule has 2 N–H and O–H groups in total. The zero-order valence-electron chi connectivity index (χ0n) is 21.7. The van der Waals surface area contributed by atoms with Gasteiger partial charge in [-0.25, -0.2) is 23.1 Å². The van der Waals surface area contributed by atoms with Gasteiger partial charge in [0.2, 0.25) is 16.0 Å². The second-order valence-corrected chi connectivity index (χ2v) is 12.6. The van der Waals surface area contributed by atoms with E-state index in [9.17, 15) is 8.42 Å². The Labute approximate surface area is 222 Å². The van der Waals surface area contributed by atoms with Crippen LogP contribution in [0.5, 0.6) is 0 Å². The van der Waals surface area contributed by atoms with Crippen LogP contribution in [0.3, 0.4) is 0 Å². The number of aromatic nitrogens is 5. The number of aliphatic hydroxyl groups is 1. The van der Waals surface area contributed by atoms with Crippen LogP contribution in [-0.2, 0) is 10.0 Å². The molecule has 1 spiro atoms. The number of aryl methyl sites for hydroxylation is 1. The Morgan fingerprint density at radius 1 is 0.947 bits per heavy atom. The van der Waals surface area contributed by atoms with E-state index in [1.54, 1.807) is 10.7 Å². The number of hydrogen-bond acceptors (Lipinski definition) is 9. The molecule has 3 aromatic rings. The lowest BCUT2D eigenvalue weighted by atomic mass is 9.93. The van der Waals surface area contributed by atoms with E-state index in [4.69, 9.17) is 10.1 Å². The highest BCUT2D eigenvalue weighted by Crippen LogP contribution is 2.54. The third kappa shape index (κ3) is 5.19. The van der Waals surface area contributed by atoms with Crippen LogP contribution in [0.4, 0.5) is 17.3 Å². The van der Waals surface area contributed by atoms with Crippen molar-refractivity contribution in [2.75, 3.05) is 53.1 Å². The molecule has 0 atom stereocenters. The number of benzene rings is 1. The molecule has 12 heteroatoms. The second kappa shape index (κ2) is 9.81. The molecule has 2 saturated heterocycles. The molecule has 6 rings (SSSR count). The molecule has 38 heavy (non-hydrogen) atoms. The molecule has 4 heterocycles. The minimum absolute atomic E-state index is 0.347. The number of hydrogen-bond donors (Lipinski definition) is 2. The van der Waals surface area contributed by atoms with E-state index in [-0.39, 0.29) is 5.75 Å². The molecule has 1 aromatic carbocycles. The number of anilines is 3. The molecule has 3 fully saturated rings. The Morgan fingerprint density at radius 3 is 2.42 bits per heavy atom. The van der Waals surface area contributed by atoms with Gasteiger partial charge in [0.1, 0.15) is 5.69 Å². The predicted molar refractivity (Wildman–Crippen MR) is 146 cm³/mol. The van der Waals surface area contributed by atoms with E-state index in [0.29, 0.717) is 16.8 Å². The number of nitrogens with one attached hydrogen (secondary N) is 1. The van der Waals surface area contributed by atoms with Gasteiger partial charge in [0, 0.05) is 31.9 Å². The van der Waals surface area contributed by atoms with Crippen molar-refractivity contribution in [3.05, 3.63) is 36.2 Å². The van der Waals surface area contributed by atoms with Crippen LogP contribution < -0.4 is 14.5 Å². The van der Waals surface area contributed by atoms with Gasteiger partial charge in [-0.05, 0) is 75.1 Å². The summed E-state index contributed by atoms with van der Waals surface area (Å²) >= 11 is 0. The molecule has 11 nitrogen and oxygen atoms in total. The third-order valence-electron chi connectivity index (χ3n) is 7.96. The molecule has 2 aromatic heterocycles. The fraction of sp³-hybridized carbons (Fsp3) is 0.538. The topological polar surface area (TPSA) is 129 Å². The van der Waals surface area contributed by atoms with Gasteiger partial charge in [-0.2, -0.15) is 0 Å². The van der Waals surface area contributed by atoms with E-state index in [2.05, 4.69) is 29.8 Å². The van der Waals surface area contributed by atoms with Crippen molar-refractivity contribution < 1.29 is 13.5 Å². The van der Waals surface area contributed by atoms with Crippen molar-refractivity contribution in [3.8, 4) is 17.1 Å². The fourth-order valence-corrected chi connectivity index (χ4v) is 6.35. The van der Waals surface area contributed by atoms with Crippen molar-refractivity contribution in [3.63, 3.8) is 0 Å². The maximum absolute atomic E-state index is 12.3. The summed E-state index contributed by atoms with van der Waals surface area (Å²) in [6.45, 7) is 5.28. The van der Waals surface area contributed by atoms with Crippen molar-refractivity contribution in [1.29, 1.82) is 0 Å². The maximum Gasteiger partial charge on any atom is 0.234 e. The smallest absolute Gasteiger partial charge is 0.234 e. The first-order valence-corrected chi connectivity index (χ1v) is 15.0. The van der Waals surface area contributed by atoms with Gasteiger partial charge < -0.3 is 14.9 Å². The molecule has 1 saturated carbocycles. The molecule has 0 bridgehead atoms. The summed E-state index contributed by atoms with van der Waals surface area (Å²) in [6, 6.07) is 7.37. The number of nitrogens with zero attached hydrogens (tertiary/aromatic N) is 7. The SMILES string of the molecule is Cc1cc(-c2cn(-c3ccc(NS(=O)(=O)CCO)cc3N3CCC4(CC3)CC4)nn2)nc(N2CCCC2)n1. The van der Waals surface area contributed by atoms with Gasteiger partial charge in [-0.15, -0.1) is 5.10 Å². The number of sulfonamides is 1. The number of rotatable bonds is 8. The van der Waals surface area contributed by atoms with Gasteiger partial charge in [-0.3, -0.25) is 4.72 Å². The van der Waals surface area contributed by atoms with E-state index < -0.39 is 16.6 Å². The molecule has 202 valence electrons. The molecular weight excluding hydrogens is 504 g/mol. The van der Waals surface area contributed by atoms with Crippen molar-refractivity contribution in [2.24, 2.45) is 5.41 Å². The molecular formula is C26H34N8O3S. The van der Waals surface area contributed by atoms with Crippen LogP contribution in [0, 0.1) is 12.3 Å². The summed E-state index contributed by atoms with van der Waals surface area (Å²) in [5.41, 5.74) is 4.97. The molecule has 0 amide bonds. The van der Waals surface area contributed by atoms with Crippen LogP contribution in [-0.4, -0.2) is 77.0 Å². The second-order valence-electron chi connectivity index (χ2n) is 10.8. The van der Waals surface area contributed by atoms with Gasteiger partial charge in [0.15, 0.2) is 0 Å². The van der Waals surface area contributed by atoms with E-state index in [1.165, 1.54) is 12.8 Å². The lowest BCUT2D eigenvalue weighted by Gasteiger charge is -2.35. The lowest BCUT2D eigenvalue weighted by molar-refractivity contribution is 0.320. The highest BCUT2D eigenvalue weighted by molar-refractivity contribution is 7.92. The molecule has 3 aliphatic rings. The first-order valence-electron chi connectivity index (χ1n) is 13.4. The molecule has 0 radical (unpaired) electrons. The Morgan fingerprint density at radius 2 is 1.71 bits per heavy atom. The van der Waals surface area contributed by atoms with E-state index in [1.807, 2.05) is 31.3 Å². The van der Waals surface area contributed by atoms with Crippen LogP contribution in [0.2, 0.25) is 0 Å². The molecule has 1 aliphatic carbocycles. The minimum Gasteiger partial charge on any atom is -0.395 e. The van der Waals surface area contributed by atoms with Crippen LogP contribution in [0.25, 0.3) is 17.1 Å². The Balaban J connectivity index is 1.33. The van der Waals surface area contributed by atoms with Crippen LogP contribution in [0.1, 0.15) is 44.2 Å². The molecule has 0 unspecified atom stereocenters. The van der Waals surface area contributed by atoms with E-state index in [0.717, 1.165) is 80.6 Å². The van der Waals surface area contributed by atoms with Crippen molar-refractivity contribution >= 4 is 27.3 Å². The molecule has 2 aliphatic heterocycles. The maximum atomic E-state index is 12.3. The monoisotopic (exact) mass is 538 g/mol. The standard InChI is InChI=1S/C26H34N8O3S/c1-19-16-21(28-25(27-19)33-10-2-3-11-33)22-18-34(31-29-22)23-5-4-20(30-38(36,37)15-14-35)17-24(23)32-12-8-26(6-7-26)9-13-32/h4-5,16-18,30,35H,2-3,6-15H2,1H3. The Bertz CT molecular complexity index is 1420. The lowest BCUT2D eigenvalue weighted by Crippen LogP contribution is -2.35. The van der Waals surface area contributed by atoms with Crippen molar-refractivity contribution in [2.45, 2.75) is 45.4 Å². The van der Waals surface area contributed by atoms with Crippen molar-refractivity contribution in [1.82, 2.24) is 25.0 Å². The first kappa shape index (κ1) is 25.1. The normalized spacial score (nSPS) is 18.8. The summed E-state index contributed by atoms with van der Waals surface area (Å²) in [5, 5.41) is 18.0. The first-order chi connectivity index (χ1) is 18.3.